The van der Waals surface area contributed by atoms with E-state index in [1.54, 1.807) is 0 Å². The highest BCUT2D eigenvalue weighted by atomic mass is 16.7. The van der Waals surface area contributed by atoms with Gasteiger partial charge in [0.1, 0.15) is 0 Å². The number of piperazine rings is 2. The van der Waals surface area contributed by atoms with Gasteiger partial charge < -0.3 is 36.2 Å². The molecule has 0 aromatic carbocycles. The van der Waals surface area contributed by atoms with Crippen LogP contribution in [0.1, 0.15) is 0 Å². The Morgan fingerprint density at radius 2 is 0.842 bits per heavy atom. The van der Waals surface area contributed by atoms with Gasteiger partial charge in [0.2, 0.25) is 0 Å². The predicted octanol–water partition coefficient (Wildman–Crippen LogP) is -1.28. The lowest BCUT2D eigenvalue weighted by atomic mass is 10.4. The third-order valence-electron chi connectivity index (χ3n) is 2.09. The molecule has 6 N–H and O–H groups in total. The summed E-state index contributed by atoms with van der Waals surface area (Å²) in [7, 11) is 0. The predicted molar refractivity (Wildman–Crippen MR) is 68.6 cm³/mol. The molecule has 0 atom stereocenters. The smallest absolute Gasteiger partial charge is 0.449 e. The highest BCUT2D eigenvalue weighted by Gasteiger charge is 2.01. The maximum Gasteiger partial charge on any atom is 0.516 e. The van der Waals surface area contributed by atoms with Crippen LogP contribution in [0.3, 0.4) is 0 Å². The molecule has 2 fully saturated rings. The molecular weight excluding hydrogens is 256 g/mol. The molecule has 19 heavy (non-hydrogen) atoms. The van der Waals surface area contributed by atoms with Gasteiger partial charge in [0, 0.05) is 52.4 Å². The first-order chi connectivity index (χ1) is 9.13. The van der Waals surface area contributed by atoms with Gasteiger partial charge in [-0.2, -0.15) is 0 Å². The van der Waals surface area contributed by atoms with Crippen LogP contribution in [0.5, 0.6) is 0 Å². The first-order valence-electron chi connectivity index (χ1n) is 6.09. The molecule has 0 aromatic rings. The Morgan fingerprint density at radius 1 is 0.632 bits per heavy atom. The Bertz CT molecular complexity index is 197. The van der Waals surface area contributed by atoms with Gasteiger partial charge in [-0.15, -0.1) is 0 Å². The van der Waals surface area contributed by atoms with Gasteiger partial charge in [0.25, 0.3) is 0 Å². The molecule has 0 aromatic heterocycles. The zero-order valence-corrected chi connectivity index (χ0v) is 10.8. The molecule has 0 bridgehead atoms. The van der Waals surface area contributed by atoms with E-state index < -0.39 is 12.3 Å². The summed E-state index contributed by atoms with van der Waals surface area (Å²) in [5.74, 6) is 0. The molecule has 2 rings (SSSR count). The zero-order chi connectivity index (χ0) is 14.3. The van der Waals surface area contributed by atoms with Gasteiger partial charge >= 0.3 is 12.3 Å². The van der Waals surface area contributed by atoms with Crippen LogP contribution in [0.2, 0.25) is 0 Å². The average Bonchev–Trinajstić information content (AvgIpc) is 2.42. The first kappa shape index (κ1) is 17.6. The standard InChI is InChI=1S/2C4H10N2.C2H2O5/c2*1-2-6-4-3-5-1;3-1(4)7-2(5)6/h2*5-6H,1-4H2;(H,3,4)(H,5,6). The lowest BCUT2D eigenvalue weighted by molar-refractivity contribution is 0.0802. The van der Waals surface area contributed by atoms with Gasteiger partial charge in [-0.3, -0.25) is 0 Å². The highest BCUT2D eigenvalue weighted by Crippen LogP contribution is 1.73. The molecule has 0 amide bonds. The number of rotatable bonds is 0. The second kappa shape index (κ2) is 13.0. The fourth-order valence-electron chi connectivity index (χ4n) is 1.28. The molecule has 2 heterocycles. The van der Waals surface area contributed by atoms with E-state index in [1.165, 1.54) is 0 Å². The maximum absolute atomic E-state index is 9.21. The van der Waals surface area contributed by atoms with Crippen LogP contribution < -0.4 is 21.3 Å². The normalized spacial score (nSPS) is 17.9. The van der Waals surface area contributed by atoms with Crippen LogP contribution >= 0.6 is 0 Å². The molecule has 0 saturated carbocycles. The van der Waals surface area contributed by atoms with Crippen molar-refractivity contribution < 1.29 is 24.5 Å². The molecule has 2 saturated heterocycles. The SMILES string of the molecule is C1CNCCN1.C1CNCCN1.O=C(O)OC(=O)O. The third-order valence-corrected chi connectivity index (χ3v) is 2.09. The summed E-state index contributed by atoms with van der Waals surface area (Å²) in [5, 5.41) is 27.9. The number of carbonyl (C=O) groups is 2. The molecule has 0 unspecified atom stereocenters. The lowest BCUT2D eigenvalue weighted by Crippen LogP contribution is -2.39. The lowest BCUT2D eigenvalue weighted by Gasteiger charge is -2.11. The Labute approximate surface area is 111 Å². The van der Waals surface area contributed by atoms with E-state index in [4.69, 9.17) is 10.2 Å². The Balaban J connectivity index is 0.000000256. The summed E-state index contributed by atoms with van der Waals surface area (Å²) in [6, 6.07) is 0. The van der Waals surface area contributed by atoms with Gasteiger partial charge in [-0.25, -0.2) is 9.59 Å². The van der Waals surface area contributed by atoms with Gasteiger partial charge in [0.15, 0.2) is 0 Å². The molecule has 2 aliphatic heterocycles. The monoisotopic (exact) mass is 278 g/mol. The van der Waals surface area contributed by atoms with Crippen molar-refractivity contribution in [3.05, 3.63) is 0 Å². The average molecular weight is 278 g/mol. The quantitative estimate of drug-likeness (QED) is 0.237. The van der Waals surface area contributed by atoms with E-state index in [2.05, 4.69) is 26.0 Å². The van der Waals surface area contributed by atoms with Gasteiger partial charge in [-0.1, -0.05) is 0 Å². The van der Waals surface area contributed by atoms with Crippen molar-refractivity contribution >= 4 is 12.3 Å². The van der Waals surface area contributed by atoms with Crippen molar-refractivity contribution in [1.29, 1.82) is 0 Å². The first-order valence-corrected chi connectivity index (χ1v) is 6.09. The van der Waals surface area contributed by atoms with E-state index in [9.17, 15) is 9.59 Å². The summed E-state index contributed by atoms with van der Waals surface area (Å²) in [6.07, 6.45) is -3.62. The topological polar surface area (TPSA) is 132 Å². The minimum absolute atomic E-state index is 1.14. The van der Waals surface area contributed by atoms with Gasteiger partial charge in [-0.05, 0) is 0 Å². The van der Waals surface area contributed by atoms with Crippen LogP contribution in [0.15, 0.2) is 0 Å². The molecule has 0 radical (unpaired) electrons. The minimum atomic E-state index is -1.81. The minimum Gasteiger partial charge on any atom is -0.449 e. The van der Waals surface area contributed by atoms with E-state index in [0.29, 0.717) is 0 Å². The summed E-state index contributed by atoms with van der Waals surface area (Å²) in [5.41, 5.74) is 0. The molecule has 0 aliphatic carbocycles. The number of hydrogen-bond acceptors (Lipinski definition) is 7. The van der Waals surface area contributed by atoms with Crippen LogP contribution in [-0.2, 0) is 4.74 Å². The summed E-state index contributed by atoms with van der Waals surface area (Å²) >= 11 is 0. The third kappa shape index (κ3) is 16.6. The molecule has 0 spiro atoms. The number of nitrogens with one attached hydrogen (secondary N) is 4. The Hall–Kier alpha value is -1.42. The molecule has 9 heteroatoms. The van der Waals surface area contributed by atoms with Crippen LogP contribution in [0.25, 0.3) is 0 Å². The van der Waals surface area contributed by atoms with Crippen LogP contribution in [0, 0.1) is 0 Å². The van der Waals surface area contributed by atoms with E-state index in [-0.39, 0.29) is 0 Å². The zero-order valence-electron chi connectivity index (χ0n) is 10.8. The number of carboxylic acid groups (broad SMARTS) is 2. The van der Waals surface area contributed by atoms with Crippen molar-refractivity contribution in [3.8, 4) is 0 Å². The number of ether oxygens (including phenoxy) is 1. The Morgan fingerprint density at radius 3 is 0.895 bits per heavy atom. The van der Waals surface area contributed by atoms with Crippen molar-refractivity contribution in [2.24, 2.45) is 0 Å². The molecule has 9 nitrogen and oxygen atoms in total. The van der Waals surface area contributed by atoms with Crippen molar-refractivity contribution in [2.45, 2.75) is 0 Å². The highest BCUT2D eigenvalue weighted by molar-refractivity contribution is 5.74. The molecule has 2 aliphatic rings. The van der Waals surface area contributed by atoms with Crippen molar-refractivity contribution in [2.75, 3.05) is 52.4 Å². The van der Waals surface area contributed by atoms with Crippen molar-refractivity contribution in [1.82, 2.24) is 21.3 Å². The summed E-state index contributed by atoms with van der Waals surface area (Å²) < 4.78 is 3.08. The van der Waals surface area contributed by atoms with Crippen molar-refractivity contribution in [3.63, 3.8) is 0 Å². The molecule has 112 valence electrons. The second-order valence-corrected chi connectivity index (χ2v) is 3.63. The fourth-order valence-corrected chi connectivity index (χ4v) is 1.28. The summed E-state index contributed by atoms with van der Waals surface area (Å²) in [4.78, 5) is 18.4. The van der Waals surface area contributed by atoms with E-state index in [0.717, 1.165) is 52.4 Å². The Kier molecular flexibility index (Phi) is 12.0. The van der Waals surface area contributed by atoms with Crippen LogP contribution in [-0.4, -0.2) is 74.9 Å². The summed E-state index contributed by atoms with van der Waals surface area (Å²) in [6.45, 7) is 9.11. The largest absolute Gasteiger partial charge is 0.516 e. The fraction of sp³-hybridized carbons (Fsp3) is 0.800. The van der Waals surface area contributed by atoms with Gasteiger partial charge in [0.05, 0.1) is 0 Å². The van der Waals surface area contributed by atoms with E-state index in [1.807, 2.05) is 0 Å². The van der Waals surface area contributed by atoms with E-state index >= 15 is 0 Å². The van der Waals surface area contributed by atoms with Crippen LogP contribution in [0.4, 0.5) is 9.59 Å². The number of hydrogen-bond donors (Lipinski definition) is 6. The second-order valence-electron chi connectivity index (χ2n) is 3.63. The maximum atomic E-state index is 9.21. The molecular formula is C10H22N4O5.